The minimum Gasteiger partial charge on any atom is -0.341 e. The van der Waals surface area contributed by atoms with Gasteiger partial charge in [-0.1, -0.05) is 19.8 Å². The van der Waals surface area contributed by atoms with Crippen LogP contribution < -0.4 is 5.32 Å². The van der Waals surface area contributed by atoms with Crippen LogP contribution in [0.15, 0.2) is 0 Å². The van der Waals surface area contributed by atoms with Crippen molar-refractivity contribution < 1.29 is 4.79 Å². The first-order valence-corrected chi connectivity index (χ1v) is 6.82. The summed E-state index contributed by atoms with van der Waals surface area (Å²) in [6.07, 6.45) is 6.78. The van der Waals surface area contributed by atoms with Gasteiger partial charge >= 0.3 is 0 Å². The van der Waals surface area contributed by atoms with E-state index < -0.39 is 0 Å². The molecule has 16 heavy (non-hydrogen) atoms. The molecule has 2 unspecified atom stereocenters. The van der Waals surface area contributed by atoms with Crippen molar-refractivity contribution in [3.8, 4) is 0 Å². The summed E-state index contributed by atoms with van der Waals surface area (Å²) in [4.78, 5) is 14.0. The fourth-order valence-corrected chi connectivity index (χ4v) is 2.93. The van der Waals surface area contributed by atoms with Gasteiger partial charge in [0, 0.05) is 25.6 Å². The SMILES string of the molecule is CCCCCC(=O)N1CC2CCCNC2C1. The molecule has 2 aliphatic rings. The molecule has 2 rings (SSSR count). The summed E-state index contributed by atoms with van der Waals surface area (Å²) in [6, 6.07) is 0.587. The Morgan fingerprint density at radius 1 is 1.38 bits per heavy atom. The van der Waals surface area contributed by atoms with Crippen LogP contribution in [0.3, 0.4) is 0 Å². The molecule has 0 aromatic carbocycles. The molecule has 0 aromatic rings. The summed E-state index contributed by atoms with van der Waals surface area (Å²) in [5.74, 6) is 1.11. The Bertz CT molecular complexity index is 228. The number of carbonyl (C=O) groups excluding carboxylic acids is 1. The smallest absolute Gasteiger partial charge is 0.222 e. The van der Waals surface area contributed by atoms with Crippen LogP contribution in [0.2, 0.25) is 0 Å². The van der Waals surface area contributed by atoms with Crippen molar-refractivity contribution in [1.82, 2.24) is 10.2 Å². The van der Waals surface area contributed by atoms with Gasteiger partial charge < -0.3 is 10.2 Å². The second kappa shape index (κ2) is 5.67. The zero-order valence-corrected chi connectivity index (χ0v) is 10.4. The number of fused-ring (bicyclic) bond motifs is 1. The molecule has 2 atom stereocenters. The first-order valence-electron chi connectivity index (χ1n) is 6.82. The van der Waals surface area contributed by atoms with Gasteiger partial charge in [-0.25, -0.2) is 0 Å². The Kier molecular flexibility index (Phi) is 4.22. The Balaban J connectivity index is 1.76. The molecule has 2 saturated heterocycles. The van der Waals surface area contributed by atoms with Gasteiger partial charge in [-0.15, -0.1) is 0 Å². The van der Waals surface area contributed by atoms with Crippen LogP contribution in [0.5, 0.6) is 0 Å². The lowest BCUT2D eigenvalue weighted by atomic mass is 9.94. The molecule has 0 spiro atoms. The van der Waals surface area contributed by atoms with Crippen molar-refractivity contribution in [2.24, 2.45) is 5.92 Å². The van der Waals surface area contributed by atoms with E-state index in [1.807, 2.05) is 0 Å². The van der Waals surface area contributed by atoms with Gasteiger partial charge in [-0.3, -0.25) is 4.79 Å². The Morgan fingerprint density at radius 3 is 3.00 bits per heavy atom. The van der Waals surface area contributed by atoms with Gasteiger partial charge in [-0.05, 0) is 31.7 Å². The molecule has 0 aromatic heterocycles. The van der Waals surface area contributed by atoms with Crippen LogP contribution in [-0.4, -0.2) is 36.5 Å². The molecule has 2 aliphatic heterocycles. The zero-order valence-electron chi connectivity index (χ0n) is 10.4. The highest BCUT2D eigenvalue weighted by atomic mass is 16.2. The molecule has 1 amide bonds. The van der Waals surface area contributed by atoms with E-state index in [0.717, 1.165) is 38.4 Å². The minimum absolute atomic E-state index is 0.379. The average molecular weight is 224 g/mol. The van der Waals surface area contributed by atoms with Gasteiger partial charge in [0.1, 0.15) is 0 Å². The van der Waals surface area contributed by atoms with Crippen LogP contribution in [0.1, 0.15) is 45.4 Å². The quantitative estimate of drug-likeness (QED) is 0.738. The van der Waals surface area contributed by atoms with Crippen LogP contribution in [0.25, 0.3) is 0 Å². The van der Waals surface area contributed by atoms with Crippen LogP contribution in [0.4, 0.5) is 0 Å². The molecule has 0 radical (unpaired) electrons. The van der Waals surface area contributed by atoms with E-state index in [1.165, 1.54) is 25.7 Å². The summed E-state index contributed by atoms with van der Waals surface area (Å²) >= 11 is 0. The number of hydrogen-bond donors (Lipinski definition) is 1. The maximum atomic E-state index is 12.0. The van der Waals surface area contributed by atoms with E-state index in [-0.39, 0.29) is 0 Å². The van der Waals surface area contributed by atoms with Gasteiger partial charge in [0.2, 0.25) is 5.91 Å². The second-order valence-electron chi connectivity index (χ2n) is 5.22. The standard InChI is InChI=1S/C13H24N2O/c1-2-3-4-7-13(16)15-9-11-6-5-8-14-12(11)10-15/h11-12,14H,2-10H2,1H3. The number of amides is 1. The molecule has 0 saturated carbocycles. The van der Waals surface area contributed by atoms with Crippen LogP contribution >= 0.6 is 0 Å². The number of likely N-dealkylation sites (tertiary alicyclic amines) is 1. The summed E-state index contributed by atoms with van der Waals surface area (Å²) in [5, 5.41) is 3.54. The predicted octanol–water partition coefficient (Wildman–Crippen LogP) is 1.78. The lowest BCUT2D eigenvalue weighted by molar-refractivity contribution is -0.130. The molecule has 3 heteroatoms. The van der Waals surface area contributed by atoms with E-state index in [0.29, 0.717) is 11.9 Å². The van der Waals surface area contributed by atoms with Crippen molar-refractivity contribution in [3.05, 3.63) is 0 Å². The summed E-state index contributed by atoms with van der Waals surface area (Å²) in [6.45, 7) is 5.27. The summed E-state index contributed by atoms with van der Waals surface area (Å²) in [7, 11) is 0. The number of nitrogens with one attached hydrogen (secondary N) is 1. The molecule has 1 N–H and O–H groups in total. The van der Waals surface area contributed by atoms with Gasteiger partial charge in [-0.2, -0.15) is 0 Å². The lowest BCUT2D eigenvalue weighted by Gasteiger charge is -2.24. The maximum Gasteiger partial charge on any atom is 0.222 e. The highest BCUT2D eigenvalue weighted by Gasteiger charge is 2.35. The zero-order chi connectivity index (χ0) is 11.4. The van der Waals surface area contributed by atoms with E-state index in [9.17, 15) is 4.79 Å². The number of carbonyl (C=O) groups is 1. The Morgan fingerprint density at radius 2 is 2.25 bits per heavy atom. The Hall–Kier alpha value is -0.570. The third-order valence-electron chi connectivity index (χ3n) is 3.95. The van der Waals surface area contributed by atoms with Crippen molar-refractivity contribution in [2.75, 3.05) is 19.6 Å². The first kappa shape index (κ1) is 11.9. The number of piperidine rings is 1. The molecular weight excluding hydrogens is 200 g/mol. The van der Waals surface area contributed by atoms with Crippen molar-refractivity contribution in [2.45, 2.75) is 51.5 Å². The fourth-order valence-electron chi connectivity index (χ4n) is 2.93. The number of rotatable bonds is 4. The molecular formula is C13H24N2O. The van der Waals surface area contributed by atoms with Crippen LogP contribution in [0, 0.1) is 5.92 Å². The average Bonchev–Trinajstić information content (AvgIpc) is 2.73. The number of unbranched alkanes of at least 4 members (excludes halogenated alkanes) is 2. The summed E-state index contributed by atoms with van der Waals surface area (Å²) < 4.78 is 0. The summed E-state index contributed by atoms with van der Waals surface area (Å²) in [5.41, 5.74) is 0. The van der Waals surface area contributed by atoms with E-state index in [4.69, 9.17) is 0 Å². The van der Waals surface area contributed by atoms with Gasteiger partial charge in [0.05, 0.1) is 0 Å². The van der Waals surface area contributed by atoms with E-state index >= 15 is 0 Å². The van der Waals surface area contributed by atoms with E-state index in [1.54, 1.807) is 0 Å². The largest absolute Gasteiger partial charge is 0.341 e. The van der Waals surface area contributed by atoms with Crippen molar-refractivity contribution in [3.63, 3.8) is 0 Å². The highest BCUT2D eigenvalue weighted by molar-refractivity contribution is 5.76. The van der Waals surface area contributed by atoms with E-state index in [2.05, 4.69) is 17.1 Å². The van der Waals surface area contributed by atoms with Crippen LogP contribution in [-0.2, 0) is 4.79 Å². The molecule has 2 heterocycles. The highest BCUT2D eigenvalue weighted by Crippen LogP contribution is 2.25. The molecule has 0 bridgehead atoms. The van der Waals surface area contributed by atoms with Gasteiger partial charge in [0.15, 0.2) is 0 Å². The minimum atomic E-state index is 0.379. The molecule has 3 nitrogen and oxygen atoms in total. The first-order chi connectivity index (χ1) is 7.81. The monoisotopic (exact) mass is 224 g/mol. The Labute approximate surface area is 98.6 Å². The van der Waals surface area contributed by atoms with Crippen molar-refractivity contribution in [1.29, 1.82) is 0 Å². The third kappa shape index (κ3) is 2.76. The molecule has 92 valence electrons. The van der Waals surface area contributed by atoms with Crippen molar-refractivity contribution >= 4 is 5.91 Å². The molecule has 0 aliphatic carbocycles. The molecule has 2 fully saturated rings. The number of hydrogen-bond acceptors (Lipinski definition) is 2. The predicted molar refractivity (Wildman–Crippen MR) is 65.2 cm³/mol. The lowest BCUT2D eigenvalue weighted by Crippen LogP contribution is -2.41. The van der Waals surface area contributed by atoms with Gasteiger partial charge in [0.25, 0.3) is 0 Å². The normalized spacial score (nSPS) is 29.2. The maximum absolute atomic E-state index is 12.0. The third-order valence-corrected chi connectivity index (χ3v) is 3.95. The second-order valence-corrected chi connectivity index (χ2v) is 5.22. The fraction of sp³-hybridized carbons (Fsp3) is 0.923. The topological polar surface area (TPSA) is 32.3 Å². The number of nitrogens with zero attached hydrogens (tertiary/aromatic N) is 1.